The van der Waals surface area contributed by atoms with Crippen LogP contribution >= 0.6 is 0 Å². The number of unbranched alkanes of at least 4 members (excludes halogenated alkanes) is 1. The van der Waals surface area contributed by atoms with Crippen molar-refractivity contribution in [2.75, 3.05) is 0 Å². The summed E-state index contributed by atoms with van der Waals surface area (Å²) in [5, 5.41) is 9.30. The predicted octanol–water partition coefficient (Wildman–Crippen LogP) is 2.30. The van der Waals surface area contributed by atoms with Crippen LogP contribution in [-0.4, -0.2) is 11.1 Å². The van der Waals surface area contributed by atoms with Crippen molar-refractivity contribution in [3.8, 4) is 11.5 Å². The summed E-state index contributed by atoms with van der Waals surface area (Å²) in [6, 6.07) is 6.40. The molecular weight excluding hydrogens is 180 g/mol. The van der Waals surface area contributed by atoms with E-state index in [-0.39, 0.29) is 17.5 Å². The molecule has 0 bridgehead atoms. The van der Waals surface area contributed by atoms with E-state index >= 15 is 0 Å². The minimum Gasteiger partial charge on any atom is -0.504 e. The van der Waals surface area contributed by atoms with E-state index < -0.39 is 0 Å². The molecule has 0 saturated carbocycles. The minimum absolute atomic E-state index is 0.0181. The monoisotopic (exact) mass is 193 g/mol. The van der Waals surface area contributed by atoms with Crippen LogP contribution in [0.5, 0.6) is 11.5 Å². The van der Waals surface area contributed by atoms with Gasteiger partial charge in [0.15, 0.2) is 11.5 Å². The van der Waals surface area contributed by atoms with E-state index in [2.05, 4.69) is 6.92 Å². The van der Waals surface area contributed by atoms with E-state index in [4.69, 9.17) is 4.74 Å². The Bertz CT molecular complexity index is 307. The van der Waals surface area contributed by atoms with Crippen LogP contribution in [-0.2, 0) is 4.79 Å². The van der Waals surface area contributed by atoms with Gasteiger partial charge in [0.1, 0.15) is 0 Å². The largest absolute Gasteiger partial charge is 0.504 e. The molecule has 0 atom stereocenters. The van der Waals surface area contributed by atoms with Crippen molar-refractivity contribution in [3.05, 3.63) is 31.2 Å². The molecule has 14 heavy (non-hydrogen) atoms. The summed E-state index contributed by atoms with van der Waals surface area (Å²) in [6.45, 7) is 3.63. The summed E-state index contributed by atoms with van der Waals surface area (Å²) in [6.07, 6.45) is 1.74. The molecule has 0 aliphatic carbocycles. The number of esters is 1. The molecule has 0 aromatic heterocycles. The molecule has 0 aliphatic heterocycles. The number of ether oxygens (including phenoxy) is 1. The summed E-state index contributed by atoms with van der Waals surface area (Å²) in [7, 11) is 0. The third-order valence-electron chi connectivity index (χ3n) is 1.72. The number of phenolic OH excluding ortho intramolecular Hbond substituents is 1. The van der Waals surface area contributed by atoms with Crippen LogP contribution in [0.3, 0.4) is 0 Å². The maximum atomic E-state index is 11.2. The summed E-state index contributed by atoms with van der Waals surface area (Å²) in [4.78, 5) is 11.2. The van der Waals surface area contributed by atoms with Crippen molar-refractivity contribution in [2.45, 2.75) is 19.3 Å². The number of hydrogen-bond donors (Lipinski definition) is 1. The fourth-order valence-electron chi connectivity index (χ4n) is 0.986. The number of hydrogen-bond acceptors (Lipinski definition) is 3. The van der Waals surface area contributed by atoms with Crippen molar-refractivity contribution in [1.82, 2.24) is 0 Å². The second kappa shape index (κ2) is 5.27. The lowest BCUT2D eigenvalue weighted by Gasteiger charge is -2.04. The van der Waals surface area contributed by atoms with Crippen LogP contribution in [0.1, 0.15) is 19.3 Å². The molecule has 0 saturated heterocycles. The van der Waals surface area contributed by atoms with Crippen LogP contribution in [0, 0.1) is 6.92 Å². The lowest BCUT2D eigenvalue weighted by molar-refractivity contribution is -0.134. The highest BCUT2D eigenvalue weighted by atomic mass is 16.5. The molecule has 1 radical (unpaired) electrons. The summed E-state index contributed by atoms with van der Waals surface area (Å²) >= 11 is 0. The second-order valence-corrected chi connectivity index (χ2v) is 2.90. The van der Waals surface area contributed by atoms with Crippen molar-refractivity contribution in [2.24, 2.45) is 0 Å². The number of benzene rings is 1. The normalized spacial score (nSPS) is 9.79. The fraction of sp³-hybridized carbons (Fsp3) is 0.273. The molecule has 3 heteroatoms. The molecule has 75 valence electrons. The first-order valence-electron chi connectivity index (χ1n) is 4.52. The molecule has 0 aliphatic rings. The second-order valence-electron chi connectivity index (χ2n) is 2.90. The SMILES string of the molecule is [CH2]CCCC(=O)Oc1ccccc1O. The van der Waals surface area contributed by atoms with Crippen LogP contribution < -0.4 is 4.74 Å². The van der Waals surface area contributed by atoms with Crippen molar-refractivity contribution < 1.29 is 14.6 Å². The maximum Gasteiger partial charge on any atom is 0.311 e. The Morgan fingerprint density at radius 3 is 2.79 bits per heavy atom. The Labute approximate surface area is 83.3 Å². The fourth-order valence-corrected chi connectivity index (χ4v) is 0.986. The number of rotatable bonds is 4. The summed E-state index contributed by atoms with van der Waals surface area (Å²) < 4.78 is 4.93. The van der Waals surface area contributed by atoms with Gasteiger partial charge in [0.05, 0.1) is 0 Å². The highest BCUT2D eigenvalue weighted by molar-refractivity contribution is 5.73. The van der Waals surface area contributed by atoms with E-state index in [0.717, 1.165) is 0 Å². The van der Waals surface area contributed by atoms with E-state index in [1.54, 1.807) is 18.2 Å². The zero-order valence-electron chi connectivity index (χ0n) is 7.90. The van der Waals surface area contributed by atoms with Gasteiger partial charge in [-0.15, -0.1) is 0 Å². The van der Waals surface area contributed by atoms with Gasteiger partial charge in [0.2, 0.25) is 0 Å². The first-order chi connectivity index (χ1) is 6.74. The quantitative estimate of drug-likeness (QED) is 0.589. The van der Waals surface area contributed by atoms with Gasteiger partial charge in [-0.05, 0) is 18.6 Å². The van der Waals surface area contributed by atoms with Gasteiger partial charge in [-0.2, -0.15) is 0 Å². The van der Waals surface area contributed by atoms with Gasteiger partial charge in [-0.1, -0.05) is 25.5 Å². The molecule has 0 unspecified atom stereocenters. The van der Waals surface area contributed by atoms with Crippen molar-refractivity contribution in [1.29, 1.82) is 0 Å². The van der Waals surface area contributed by atoms with Crippen molar-refractivity contribution >= 4 is 5.97 Å². The number of carbonyl (C=O) groups excluding carboxylic acids is 1. The number of aromatic hydroxyl groups is 1. The summed E-state index contributed by atoms with van der Waals surface area (Å²) in [5.41, 5.74) is 0. The average molecular weight is 193 g/mol. The van der Waals surface area contributed by atoms with Gasteiger partial charge in [0, 0.05) is 6.42 Å². The average Bonchev–Trinajstić information content (AvgIpc) is 2.18. The van der Waals surface area contributed by atoms with Gasteiger partial charge in [0.25, 0.3) is 0 Å². The molecule has 1 N–H and O–H groups in total. The van der Waals surface area contributed by atoms with Gasteiger partial charge in [-0.25, -0.2) is 0 Å². The predicted molar refractivity (Wildman–Crippen MR) is 52.9 cm³/mol. The van der Waals surface area contributed by atoms with Crippen LogP contribution in [0.15, 0.2) is 24.3 Å². The first-order valence-corrected chi connectivity index (χ1v) is 4.52. The molecule has 0 fully saturated rings. The first kappa shape index (κ1) is 10.6. The number of carbonyl (C=O) groups is 1. The zero-order valence-corrected chi connectivity index (χ0v) is 7.90. The molecule has 1 aromatic carbocycles. The van der Waals surface area contributed by atoms with E-state index in [1.807, 2.05) is 0 Å². The molecule has 1 aromatic rings. The Kier molecular flexibility index (Phi) is 3.98. The summed E-state index contributed by atoms with van der Waals surface area (Å²) in [5.74, 6) is -0.146. The third kappa shape index (κ3) is 3.09. The molecule has 0 heterocycles. The lowest BCUT2D eigenvalue weighted by Crippen LogP contribution is -2.07. The number of para-hydroxylation sites is 2. The van der Waals surface area contributed by atoms with Gasteiger partial charge >= 0.3 is 5.97 Å². The molecule has 0 amide bonds. The Morgan fingerprint density at radius 1 is 1.43 bits per heavy atom. The smallest absolute Gasteiger partial charge is 0.311 e. The van der Waals surface area contributed by atoms with E-state index in [0.29, 0.717) is 19.3 Å². The Hall–Kier alpha value is -1.51. The van der Waals surface area contributed by atoms with Crippen LogP contribution in [0.25, 0.3) is 0 Å². The lowest BCUT2D eigenvalue weighted by atomic mass is 10.2. The van der Waals surface area contributed by atoms with Gasteiger partial charge in [-0.3, -0.25) is 4.79 Å². The minimum atomic E-state index is -0.338. The molecule has 1 rings (SSSR count). The van der Waals surface area contributed by atoms with Crippen LogP contribution in [0.2, 0.25) is 0 Å². The van der Waals surface area contributed by atoms with Crippen molar-refractivity contribution in [3.63, 3.8) is 0 Å². The van der Waals surface area contributed by atoms with E-state index in [9.17, 15) is 9.90 Å². The third-order valence-corrected chi connectivity index (χ3v) is 1.72. The molecule has 0 spiro atoms. The van der Waals surface area contributed by atoms with Crippen LogP contribution in [0.4, 0.5) is 0 Å². The Morgan fingerprint density at radius 2 is 2.14 bits per heavy atom. The molecular formula is C11H13O3. The van der Waals surface area contributed by atoms with Gasteiger partial charge < -0.3 is 9.84 Å². The maximum absolute atomic E-state index is 11.2. The standard InChI is InChI=1S/C11H13O3/c1-2-3-8-11(13)14-10-7-5-4-6-9(10)12/h4-7,12H,1-3,8H2. The topological polar surface area (TPSA) is 46.5 Å². The number of phenols is 1. The molecule has 3 nitrogen and oxygen atoms in total. The highest BCUT2D eigenvalue weighted by Crippen LogP contribution is 2.24. The highest BCUT2D eigenvalue weighted by Gasteiger charge is 2.06. The zero-order chi connectivity index (χ0) is 10.4. The van der Waals surface area contributed by atoms with E-state index in [1.165, 1.54) is 6.07 Å². The Balaban J connectivity index is 2.52.